The first-order valence-corrected chi connectivity index (χ1v) is 8.80. The summed E-state index contributed by atoms with van der Waals surface area (Å²) in [6, 6.07) is 10.2. The minimum Gasteiger partial charge on any atom is -0.493 e. The molecular formula is C20H23ClN2O4. The predicted molar refractivity (Wildman–Crippen MR) is 106 cm³/mol. The summed E-state index contributed by atoms with van der Waals surface area (Å²) in [6.45, 7) is 4.77. The highest BCUT2D eigenvalue weighted by Crippen LogP contribution is 2.32. The van der Waals surface area contributed by atoms with Gasteiger partial charge in [-0.1, -0.05) is 25.4 Å². The fraction of sp³-hybridized carbons (Fsp3) is 0.300. The second kappa shape index (κ2) is 9.83. The van der Waals surface area contributed by atoms with Gasteiger partial charge >= 0.3 is 0 Å². The maximum Gasteiger partial charge on any atom is 0.271 e. The van der Waals surface area contributed by atoms with Gasteiger partial charge < -0.3 is 14.2 Å². The van der Waals surface area contributed by atoms with Gasteiger partial charge in [-0.3, -0.25) is 4.79 Å². The summed E-state index contributed by atoms with van der Waals surface area (Å²) in [7, 11) is 3.06. The average Bonchev–Trinajstić information content (AvgIpc) is 2.67. The van der Waals surface area contributed by atoms with E-state index in [1.807, 2.05) is 0 Å². The number of benzene rings is 2. The third kappa shape index (κ3) is 5.89. The zero-order valence-corrected chi connectivity index (χ0v) is 16.5. The molecule has 0 saturated carbocycles. The van der Waals surface area contributed by atoms with Gasteiger partial charge in [-0.15, -0.1) is 0 Å². The SMILES string of the molecule is COc1cc(Cl)c(/C=N/NC(=O)c2ccc(OCC(C)C)cc2)cc1OC. The normalized spacial score (nSPS) is 10.9. The van der Waals surface area contributed by atoms with Crippen LogP contribution in [0.1, 0.15) is 29.8 Å². The van der Waals surface area contributed by atoms with Crippen LogP contribution in [0.15, 0.2) is 41.5 Å². The molecule has 2 rings (SSSR count). The van der Waals surface area contributed by atoms with Gasteiger partial charge in [-0.2, -0.15) is 5.10 Å². The molecule has 0 fully saturated rings. The lowest BCUT2D eigenvalue weighted by Gasteiger charge is -2.09. The Morgan fingerprint density at radius 3 is 2.37 bits per heavy atom. The number of hydrogen-bond donors (Lipinski definition) is 1. The standard InChI is InChI=1S/C20H23ClN2O4/c1-13(2)12-27-16-7-5-14(6-8-16)20(24)23-22-11-15-9-18(25-3)19(26-4)10-17(15)21/h5-11,13H,12H2,1-4H3,(H,23,24)/b22-11+. The largest absolute Gasteiger partial charge is 0.493 e. The number of hydrazone groups is 1. The van der Waals surface area contributed by atoms with Crippen LogP contribution in [0.25, 0.3) is 0 Å². The van der Waals surface area contributed by atoms with Crippen LogP contribution >= 0.6 is 11.6 Å². The molecule has 2 aromatic carbocycles. The van der Waals surface area contributed by atoms with Gasteiger partial charge in [-0.25, -0.2) is 5.43 Å². The number of nitrogens with zero attached hydrogens (tertiary/aromatic N) is 1. The summed E-state index contributed by atoms with van der Waals surface area (Å²) in [4.78, 5) is 12.2. The smallest absolute Gasteiger partial charge is 0.271 e. The molecule has 0 radical (unpaired) electrons. The van der Waals surface area contributed by atoms with E-state index in [1.54, 1.807) is 36.4 Å². The molecule has 0 saturated heterocycles. The van der Waals surface area contributed by atoms with Crippen molar-refractivity contribution >= 4 is 23.7 Å². The third-order valence-electron chi connectivity index (χ3n) is 3.57. The fourth-order valence-electron chi connectivity index (χ4n) is 2.16. The van der Waals surface area contributed by atoms with Crippen molar-refractivity contribution in [1.82, 2.24) is 5.43 Å². The highest BCUT2D eigenvalue weighted by atomic mass is 35.5. The summed E-state index contributed by atoms with van der Waals surface area (Å²) in [6.07, 6.45) is 1.45. The summed E-state index contributed by atoms with van der Waals surface area (Å²) in [5, 5.41) is 4.38. The minimum atomic E-state index is -0.335. The number of carbonyl (C=O) groups excluding carboxylic acids is 1. The zero-order valence-electron chi connectivity index (χ0n) is 15.8. The van der Waals surface area contributed by atoms with E-state index < -0.39 is 0 Å². The Morgan fingerprint density at radius 2 is 1.78 bits per heavy atom. The zero-order chi connectivity index (χ0) is 19.8. The molecule has 0 spiro atoms. The lowest BCUT2D eigenvalue weighted by atomic mass is 10.2. The summed E-state index contributed by atoms with van der Waals surface area (Å²) >= 11 is 6.19. The Morgan fingerprint density at radius 1 is 1.15 bits per heavy atom. The average molecular weight is 391 g/mol. The molecule has 27 heavy (non-hydrogen) atoms. The second-order valence-electron chi connectivity index (χ2n) is 6.16. The molecule has 7 heteroatoms. The molecule has 1 amide bonds. The number of carbonyl (C=O) groups is 1. The molecule has 0 bridgehead atoms. The highest BCUT2D eigenvalue weighted by Gasteiger charge is 2.09. The quantitative estimate of drug-likeness (QED) is 0.543. The van der Waals surface area contributed by atoms with E-state index >= 15 is 0 Å². The van der Waals surface area contributed by atoms with Crippen LogP contribution in [-0.4, -0.2) is 32.9 Å². The van der Waals surface area contributed by atoms with Gasteiger partial charge in [-0.05, 0) is 36.2 Å². The van der Waals surface area contributed by atoms with Crippen molar-refractivity contribution in [2.24, 2.45) is 11.0 Å². The Balaban J connectivity index is 2.00. The van der Waals surface area contributed by atoms with Crippen molar-refractivity contribution in [3.8, 4) is 17.2 Å². The Bertz CT molecular complexity index is 804. The van der Waals surface area contributed by atoms with Crippen molar-refractivity contribution in [3.63, 3.8) is 0 Å². The van der Waals surface area contributed by atoms with E-state index in [-0.39, 0.29) is 5.91 Å². The van der Waals surface area contributed by atoms with E-state index in [4.69, 9.17) is 25.8 Å². The van der Waals surface area contributed by atoms with Gasteiger partial charge in [0.05, 0.1) is 32.1 Å². The van der Waals surface area contributed by atoms with E-state index in [2.05, 4.69) is 24.4 Å². The van der Waals surface area contributed by atoms with Crippen molar-refractivity contribution < 1.29 is 19.0 Å². The van der Waals surface area contributed by atoms with Crippen molar-refractivity contribution in [2.45, 2.75) is 13.8 Å². The second-order valence-corrected chi connectivity index (χ2v) is 6.56. The number of methoxy groups -OCH3 is 2. The van der Waals surface area contributed by atoms with Crippen molar-refractivity contribution in [2.75, 3.05) is 20.8 Å². The first-order valence-electron chi connectivity index (χ1n) is 8.42. The maximum atomic E-state index is 12.2. The summed E-state index contributed by atoms with van der Waals surface area (Å²) in [5.74, 6) is 1.86. The van der Waals surface area contributed by atoms with Crippen LogP contribution in [-0.2, 0) is 0 Å². The van der Waals surface area contributed by atoms with Gasteiger partial charge in [0.2, 0.25) is 0 Å². The van der Waals surface area contributed by atoms with Crippen LogP contribution < -0.4 is 19.6 Å². The topological polar surface area (TPSA) is 69.2 Å². The maximum absolute atomic E-state index is 12.2. The van der Waals surface area contributed by atoms with Crippen LogP contribution in [0.3, 0.4) is 0 Å². The lowest BCUT2D eigenvalue weighted by molar-refractivity contribution is 0.0955. The monoisotopic (exact) mass is 390 g/mol. The van der Waals surface area contributed by atoms with Crippen LogP contribution in [0.2, 0.25) is 5.02 Å². The lowest BCUT2D eigenvalue weighted by Crippen LogP contribution is -2.17. The molecule has 0 heterocycles. The number of amides is 1. The Labute approximate surface area is 164 Å². The number of ether oxygens (including phenoxy) is 3. The van der Waals surface area contributed by atoms with E-state index in [9.17, 15) is 4.79 Å². The first-order chi connectivity index (χ1) is 12.9. The highest BCUT2D eigenvalue weighted by molar-refractivity contribution is 6.33. The molecule has 0 aliphatic rings. The van der Waals surface area contributed by atoms with Crippen LogP contribution in [0.4, 0.5) is 0 Å². The Kier molecular flexibility index (Phi) is 7.49. The number of halogens is 1. The first kappa shape index (κ1) is 20.6. The molecule has 0 aliphatic heterocycles. The number of rotatable bonds is 8. The van der Waals surface area contributed by atoms with E-state index in [0.717, 1.165) is 5.75 Å². The number of hydrogen-bond acceptors (Lipinski definition) is 5. The minimum absolute atomic E-state index is 0.335. The molecule has 0 unspecified atom stereocenters. The van der Waals surface area contributed by atoms with E-state index in [1.165, 1.54) is 20.4 Å². The van der Waals surface area contributed by atoms with E-state index in [0.29, 0.717) is 40.2 Å². The molecule has 0 aliphatic carbocycles. The molecule has 1 N–H and O–H groups in total. The van der Waals surface area contributed by atoms with Gasteiger partial charge in [0.15, 0.2) is 11.5 Å². The Hall–Kier alpha value is -2.73. The van der Waals surface area contributed by atoms with Gasteiger partial charge in [0, 0.05) is 17.2 Å². The third-order valence-corrected chi connectivity index (χ3v) is 3.90. The number of nitrogens with one attached hydrogen (secondary N) is 1. The van der Waals surface area contributed by atoms with Crippen LogP contribution in [0.5, 0.6) is 17.2 Å². The predicted octanol–water partition coefficient (Wildman–Crippen LogP) is 4.16. The molecule has 6 nitrogen and oxygen atoms in total. The van der Waals surface area contributed by atoms with Crippen LogP contribution in [0, 0.1) is 5.92 Å². The van der Waals surface area contributed by atoms with Gasteiger partial charge in [0.25, 0.3) is 5.91 Å². The van der Waals surface area contributed by atoms with Crippen molar-refractivity contribution in [1.29, 1.82) is 0 Å². The van der Waals surface area contributed by atoms with Crippen molar-refractivity contribution in [3.05, 3.63) is 52.5 Å². The molecule has 144 valence electrons. The summed E-state index contributed by atoms with van der Waals surface area (Å²) in [5.41, 5.74) is 3.53. The van der Waals surface area contributed by atoms with Gasteiger partial charge in [0.1, 0.15) is 5.75 Å². The fourth-order valence-corrected chi connectivity index (χ4v) is 2.36. The molecular weight excluding hydrogens is 368 g/mol. The molecule has 2 aromatic rings. The molecule has 0 aromatic heterocycles. The molecule has 0 atom stereocenters. The summed E-state index contributed by atoms with van der Waals surface area (Å²) < 4.78 is 16.0.